The number of rotatable bonds is 2. The molecule has 3 nitrogen and oxygen atoms in total. The van der Waals surface area contributed by atoms with Crippen LogP contribution in [0.3, 0.4) is 0 Å². The number of nitrogens with zero attached hydrogens (tertiary/aromatic N) is 2. The first-order valence-electron chi connectivity index (χ1n) is 10.3. The molecule has 1 amide bonds. The number of para-hydroxylation sites is 1. The van der Waals surface area contributed by atoms with E-state index in [1.807, 2.05) is 23.1 Å². The second-order valence-corrected chi connectivity index (χ2v) is 9.90. The molecular weight excluding hydrogens is 427 g/mol. The van der Waals surface area contributed by atoms with Crippen LogP contribution in [0.5, 0.6) is 0 Å². The number of hydrogen-bond donors (Lipinski definition) is 0. The molecule has 3 aromatic carbocycles. The van der Waals surface area contributed by atoms with Crippen LogP contribution in [0.1, 0.15) is 43.9 Å². The zero-order valence-corrected chi connectivity index (χ0v) is 19.1. The highest BCUT2D eigenvalue weighted by atomic mass is 35.5. The number of aliphatic imine (C=N–C) groups is 1. The fourth-order valence-electron chi connectivity index (χ4n) is 5.22. The lowest BCUT2D eigenvalue weighted by Crippen LogP contribution is -2.54. The van der Waals surface area contributed by atoms with Crippen molar-refractivity contribution in [1.29, 1.82) is 0 Å². The molecule has 156 valence electrons. The van der Waals surface area contributed by atoms with E-state index < -0.39 is 0 Å². The van der Waals surface area contributed by atoms with Gasteiger partial charge in [0.2, 0.25) is 0 Å². The predicted octanol–water partition coefficient (Wildman–Crippen LogP) is 6.95. The maximum atomic E-state index is 13.6. The molecule has 0 aliphatic carbocycles. The van der Waals surface area contributed by atoms with Gasteiger partial charge in [0.1, 0.15) is 5.71 Å². The van der Waals surface area contributed by atoms with E-state index in [2.05, 4.69) is 51.1 Å². The summed E-state index contributed by atoms with van der Waals surface area (Å²) in [4.78, 5) is 20.3. The zero-order chi connectivity index (χ0) is 22.0. The molecule has 0 spiro atoms. The van der Waals surface area contributed by atoms with E-state index in [-0.39, 0.29) is 16.9 Å². The lowest BCUT2D eigenvalue weighted by molar-refractivity contribution is -0.113. The Labute approximate surface area is 192 Å². The number of anilines is 1. The van der Waals surface area contributed by atoms with Gasteiger partial charge >= 0.3 is 0 Å². The van der Waals surface area contributed by atoms with Crippen LogP contribution in [0.25, 0.3) is 0 Å². The van der Waals surface area contributed by atoms with Crippen molar-refractivity contribution < 1.29 is 4.79 Å². The Morgan fingerprint density at radius 3 is 2.35 bits per heavy atom. The third-order valence-corrected chi connectivity index (χ3v) is 7.20. The van der Waals surface area contributed by atoms with Crippen LogP contribution in [0.4, 0.5) is 11.4 Å². The summed E-state index contributed by atoms with van der Waals surface area (Å²) in [5, 5.41) is 0.881. The smallest absolute Gasteiger partial charge is 0.278 e. The van der Waals surface area contributed by atoms with E-state index in [1.54, 1.807) is 18.2 Å². The van der Waals surface area contributed by atoms with E-state index in [9.17, 15) is 4.79 Å². The minimum absolute atomic E-state index is 0.0753. The lowest BCUT2D eigenvalue weighted by Gasteiger charge is -2.49. The van der Waals surface area contributed by atoms with Crippen LogP contribution in [0.2, 0.25) is 10.0 Å². The van der Waals surface area contributed by atoms with Gasteiger partial charge in [0.05, 0.1) is 21.4 Å². The Bertz CT molecular complexity index is 1250. The predicted molar refractivity (Wildman–Crippen MR) is 128 cm³/mol. The Hall–Kier alpha value is -2.62. The third kappa shape index (κ3) is 3.02. The number of halogens is 2. The second kappa shape index (κ2) is 6.94. The lowest BCUT2D eigenvalue weighted by atomic mass is 9.65. The van der Waals surface area contributed by atoms with Gasteiger partial charge in [-0.2, -0.15) is 0 Å². The highest BCUT2D eigenvalue weighted by Crippen LogP contribution is 2.54. The molecule has 2 heterocycles. The van der Waals surface area contributed by atoms with Crippen molar-refractivity contribution in [3.8, 4) is 0 Å². The molecule has 5 rings (SSSR count). The normalized spacial score (nSPS) is 22.7. The highest BCUT2D eigenvalue weighted by molar-refractivity contribution is 6.55. The molecule has 1 unspecified atom stereocenters. The van der Waals surface area contributed by atoms with Crippen LogP contribution in [-0.4, -0.2) is 17.2 Å². The van der Waals surface area contributed by atoms with Crippen molar-refractivity contribution >= 4 is 46.2 Å². The number of hydrogen-bond acceptors (Lipinski definition) is 2. The summed E-state index contributed by atoms with van der Waals surface area (Å²) < 4.78 is 0. The Morgan fingerprint density at radius 1 is 0.903 bits per heavy atom. The summed E-state index contributed by atoms with van der Waals surface area (Å²) in [5.41, 5.74) is 4.70. The van der Waals surface area contributed by atoms with Crippen molar-refractivity contribution in [2.75, 3.05) is 4.90 Å². The highest BCUT2D eigenvalue weighted by Gasteiger charge is 2.52. The van der Waals surface area contributed by atoms with E-state index in [0.29, 0.717) is 21.4 Å². The molecule has 0 saturated heterocycles. The zero-order valence-electron chi connectivity index (χ0n) is 17.6. The van der Waals surface area contributed by atoms with Crippen molar-refractivity contribution in [2.24, 2.45) is 4.99 Å². The van der Waals surface area contributed by atoms with Gasteiger partial charge in [0.25, 0.3) is 5.91 Å². The largest absolute Gasteiger partial charge is 0.300 e. The fraction of sp³-hybridized carbons (Fsp3) is 0.231. The molecule has 0 aromatic heterocycles. The average molecular weight is 449 g/mol. The number of carbonyl (C=O) groups excluding carboxylic acids is 1. The van der Waals surface area contributed by atoms with Gasteiger partial charge in [-0.3, -0.25) is 4.79 Å². The van der Waals surface area contributed by atoms with Gasteiger partial charge in [-0.15, -0.1) is 0 Å². The summed E-state index contributed by atoms with van der Waals surface area (Å²) >= 11 is 12.2. The molecule has 2 aliphatic heterocycles. The summed E-state index contributed by atoms with van der Waals surface area (Å²) in [5.74, 6) is -0.0753. The standard InChI is InChI=1S/C26H22Cl2N2O/c1-25(2)15-26(3,16-8-5-4-6-9-16)19-11-7-10-18-22(24(31)30(25)23(18)19)29-17-12-13-20(27)21(28)14-17/h4-14H,15H2,1-3H3. The molecule has 0 saturated carbocycles. The van der Waals surface area contributed by atoms with Crippen molar-refractivity contribution in [2.45, 2.75) is 38.1 Å². The molecule has 3 aromatic rings. The van der Waals surface area contributed by atoms with E-state index >= 15 is 0 Å². The molecule has 31 heavy (non-hydrogen) atoms. The van der Waals surface area contributed by atoms with Gasteiger partial charge < -0.3 is 4.90 Å². The van der Waals surface area contributed by atoms with Crippen LogP contribution in [-0.2, 0) is 10.2 Å². The summed E-state index contributed by atoms with van der Waals surface area (Å²) in [6, 6.07) is 21.9. The topological polar surface area (TPSA) is 32.7 Å². The van der Waals surface area contributed by atoms with Crippen molar-refractivity contribution in [3.05, 3.63) is 93.5 Å². The van der Waals surface area contributed by atoms with Crippen LogP contribution < -0.4 is 4.90 Å². The Morgan fingerprint density at radius 2 is 1.65 bits per heavy atom. The molecule has 0 radical (unpaired) electrons. The fourth-order valence-corrected chi connectivity index (χ4v) is 5.51. The van der Waals surface area contributed by atoms with Gasteiger partial charge in [-0.1, -0.05) is 78.7 Å². The molecule has 1 atom stereocenters. The molecule has 0 N–H and O–H groups in total. The van der Waals surface area contributed by atoms with E-state index in [4.69, 9.17) is 28.2 Å². The summed E-state index contributed by atoms with van der Waals surface area (Å²) in [7, 11) is 0. The molecule has 0 bridgehead atoms. The van der Waals surface area contributed by atoms with Gasteiger partial charge in [0.15, 0.2) is 0 Å². The Balaban J connectivity index is 1.74. The third-order valence-electron chi connectivity index (χ3n) is 6.46. The molecule has 2 aliphatic rings. The first kappa shape index (κ1) is 20.3. The first-order valence-corrected chi connectivity index (χ1v) is 11.1. The van der Waals surface area contributed by atoms with E-state index in [0.717, 1.165) is 23.2 Å². The quantitative estimate of drug-likeness (QED) is 0.417. The van der Waals surface area contributed by atoms with Gasteiger partial charge in [0, 0.05) is 16.5 Å². The van der Waals surface area contributed by atoms with E-state index in [1.165, 1.54) is 5.56 Å². The number of amides is 1. The SMILES string of the molecule is CC1(c2ccccc2)CC(C)(C)N2C(=O)C(=Nc3ccc(Cl)c(Cl)c3)c3cccc1c32. The minimum Gasteiger partial charge on any atom is -0.300 e. The van der Waals surface area contributed by atoms with Gasteiger partial charge in [-0.05, 0) is 49.6 Å². The molecular formula is C26H22Cl2N2O. The molecule has 0 fully saturated rings. The first-order chi connectivity index (χ1) is 14.7. The summed E-state index contributed by atoms with van der Waals surface area (Å²) in [6.07, 6.45) is 0.812. The van der Waals surface area contributed by atoms with Gasteiger partial charge in [-0.25, -0.2) is 4.99 Å². The Kier molecular flexibility index (Phi) is 4.55. The maximum Gasteiger partial charge on any atom is 0.278 e. The van der Waals surface area contributed by atoms with Crippen molar-refractivity contribution in [1.82, 2.24) is 0 Å². The monoisotopic (exact) mass is 448 g/mol. The number of carbonyl (C=O) groups is 1. The number of benzene rings is 3. The maximum absolute atomic E-state index is 13.6. The minimum atomic E-state index is -0.375. The van der Waals surface area contributed by atoms with Crippen molar-refractivity contribution in [3.63, 3.8) is 0 Å². The molecule has 5 heteroatoms. The van der Waals surface area contributed by atoms with Crippen LogP contribution in [0, 0.1) is 0 Å². The summed E-state index contributed by atoms with van der Waals surface area (Å²) in [6.45, 7) is 6.54. The van der Waals surface area contributed by atoms with Crippen LogP contribution >= 0.6 is 23.2 Å². The van der Waals surface area contributed by atoms with Crippen LogP contribution in [0.15, 0.2) is 71.7 Å². The second-order valence-electron chi connectivity index (χ2n) is 9.09. The average Bonchev–Trinajstić information content (AvgIpc) is 3.02.